The highest BCUT2D eigenvalue weighted by molar-refractivity contribution is 8.03. The second kappa shape index (κ2) is 8.49. The summed E-state index contributed by atoms with van der Waals surface area (Å²) in [6.07, 6.45) is 2.03. The molecule has 0 radical (unpaired) electrons. The van der Waals surface area contributed by atoms with Gasteiger partial charge < -0.3 is 0 Å². The molecule has 28 heavy (non-hydrogen) atoms. The van der Waals surface area contributed by atoms with Crippen molar-refractivity contribution in [2.24, 2.45) is 0 Å². The lowest BCUT2D eigenvalue weighted by molar-refractivity contribution is 0.430. The standard InChI is InChI=1S/C22H15F4NS/c1-2-3-13-4-6-14(7-5-13)15-8-10-16(11-9-15)17-18(23)20(25)22(28-12-27)21(26)19(17)24/h4-11H,2-3H2,1H3. The van der Waals surface area contributed by atoms with Crippen molar-refractivity contribution in [3.63, 3.8) is 0 Å². The highest BCUT2D eigenvalue weighted by Crippen LogP contribution is 2.36. The van der Waals surface area contributed by atoms with Crippen molar-refractivity contribution in [3.8, 4) is 27.7 Å². The van der Waals surface area contributed by atoms with Gasteiger partial charge in [0.2, 0.25) is 0 Å². The largest absolute Gasteiger partial charge is 0.203 e. The molecule has 0 fully saturated rings. The molecule has 3 aromatic rings. The van der Waals surface area contributed by atoms with Gasteiger partial charge in [0.05, 0.1) is 10.5 Å². The monoisotopic (exact) mass is 401 g/mol. The Morgan fingerprint density at radius 3 is 1.68 bits per heavy atom. The molecular formula is C22H15F4NS. The Bertz CT molecular complexity index is 1010. The third-order valence-corrected chi connectivity index (χ3v) is 5.02. The number of rotatable bonds is 5. The number of thioether (sulfide) groups is 1. The molecule has 1 nitrogen and oxygen atoms in total. The fourth-order valence-electron chi connectivity index (χ4n) is 2.98. The molecular weight excluding hydrogens is 386 g/mol. The Kier molecular flexibility index (Phi) is 6.05. The summed E-state index contributed by atoms with van der Waals surface area (Å²) in [7, 11) is 0. The van der Waals surface area contributed by atoms with Crippen LogP contribution in [0.15, 0.2) is 53.4 Å². The summed E-state index contributed by atoms with van der Waals surface area (Å²) in [6.45, 7) is 2.10. The van der Waals surface area contributed by atoms with Gasteiger partial charge in [0.1, 0.15) is 5.40 Å². The molecule has 0 saturated carbocycles. The molecule has 0 aliphatic heterocycles. The number of thiocyanates is 1. The summed E-state index contributed by atoms with van der Waals surface area (Å²) in [4.78, 5) is -0.981. The molecule has 0 unspecified atom stereocenters. The van der Waals surface area contributed by atoms with Crippen molar-refractivity contribution in [1.82, 2.24) is 0 Å². The van der Waals surface area contributed by atoms with Gasteiger partial charge in [-0.3, -0.25) is 0 Å². The molecule has 0 bridgehead atoms. The van der Waals surface area contributed by atoms with Gasteiger partial charge in [-0.25, -0.2) is 17.6 Å². The third kappa shape index (κ3) is 3.76. The predicted molar refractivity (Wildman–Crippen MR) is 103 cm³/mol. The minimum absolute atomic E-state index is 0.00709. The van der Waals surface area contributed by atoms with Crippen LogP contribution in [0.2, 0.25) is 0 Å². The maximum absolute atomic E-state index is 14.3. The Balaban J connectivity index is 1.99. The van der Waals surface area contributed by atoms with E-state index in [1.54, 1.807) is 12.1 Å². The number of nitriles is 1. The highest BCUT2D eigenvalue weighted by Gasteiger charge is 2.26. The molecule has 0 aliphatic rings. The predicted octanol–water partition coefficient (Wildman–Crippen LogP) is 7.10. The molecule has 142 valence electrons. The zero-order valence-corrected chi connectivity index (χ0v) is 15.7. The Morgan fingerprint density at radius 1 is 0.750 bits per heavy atom. The van der Waals surface area contributed by atoms with Gasteiger partial charge in [-0.15, -0.1) is 0 Å². The Hall–Kier alpha value is -2.78. The van der Waals surface area contributed by atoms with E-state index in [0.717, 1.165) is 24.0 Å². The SMILES string of the molecule is CCCc1ccc(-c2ccc(-c3c(F)c(F)c(SC#N)c(F)c3F)cc2)cc1. The van der Waals surface area contributed by atoms with Crippen molar-refractivity contribution < 1.29 is 17.6 Å². The Labute approximate surface area is 164 Å². The summed E-state index contributed by atoms with van der Waals surface area (Å²) < 4.78 is 56.8. The molecule has 0 spiro atoms. The second-order valence-electron chi connectivity index (χ2n) is 6.18. The molecule has 3 aromatic carbocycles. The molecule has 0 aliphatic carbocycles. The van der Waals surface area contributed by atoms with Crippen LogP contribution in [0.25, 0.3) is 22.3 Å². The Morgan fingerprint density at radius 2 is 1.21 bits per heavy atom. The van der Waals surface area contributed by atoms with Gasteiger partial charge in [0.15, 0.2) is 23.3 Å². The number of aryl methyl sites for hydroxylation is 1. The molecule has 6 heteroatoms. The number of halogens is 4. The molecule has 0 aromatic heterocycles. The van der Waals surface area contributed by atoms with Crippen LogP contribution in [0.3, 0.4) is 0 Å². The van der Waals surface area contributed by atoms with E-state index >= 15 is 0 Å². The first-order valence-corrected chi connectivity index (χ1v) is 9.41. The highest BCUT2D eigenvalue weighted by atomic mass is 32.2. The minimum atomic E-state index is -1.57. The smallest absolute Gasteiger partial charge is 0.177 e. The van der Waals surface area contributed by atoms with E-state index in [1.807, 2.05) is 24.3 Å². The molecule has 0 N–H and O–H groups in total. The molecule has 0 saturated heterocycles. The van der Waals surface area contributed by atoms with Crippen molar-refractivity contribution in [2.75, 3.05) is 0 Å². The zero-order valence-electron chi connectivity index (χ0n) is 14.9. The van der Waals surface area contributed by atoms with Gasteiger partial charge in [0.25, 0.3) is 0 Å². The minimum Gasteiger partial charge on any atom is -0.203 e. The normalized spacial score (nSPS) is 10.7. The molecule has 0 atom stereocenters. The summed E-state index contributed by atoms with van der Waals surface area (Å²) in [6, 6.07) is 14.0. The second-order valence-corrected chi connectivity index (χ2v) is 6.97. The van der Waals surface area contributed by atoms with Crippen LogP contribution in [-0.2, 0) is 6.42 Å². The average Bonchev–Trinajstić information content (AvgIpc) is 2.71. The molecule has 0 heterocycles. The van der Waals surface area contributed by atoms with Crippen molar-refractivity contribution >= 4 is 11.8 Å². The lowest BCUT2D eigenvalue weighted by Crippen LogP contribution is -2.02. The molecule has 0 amide bonds. The van der Waals surface area contributed by atoms with E-state index in [9.17, 15) is 17.6 Å². The van der Waals surface area contributed by atoms with E-state index in [-0.39, 0.29) is 17.3 Å². The van der Waals surface area contributed by atoms with Crippen LogP contribution < -0.4 is 0 Å². The van der Waals surface area contributed by atoms with E-state index in [1.165, 1.54) is 23.1 Å². The van der Waals surface area contributed by atoms with Crippen molar-refractivity contribution in [2.45, 2.75) is 24.7 Å². The van der Waals surface area contributed by atoms with Gasteiger partial charge in [-0.05, 0) is 40.4 Å². The lowest BCUT2D eigenvalue weighted by atomic mass is 9.98. The number of benzene rings is 3. The maximum Gasteiger partial charge on any atom is 0.177 e. The number of hydrogen-bond donors (Lipinski definition) is 0. The van der Waals surface area contributed by atoms with Gasteiger partial charge in [-0.1, -0.05) is 61.9 Å². The van der Waals surface area contributed by atoms with Crippen LogP contribution in [0.5, 0.6) is 0 Å². The summed E-state index contributed by atoms with van der Waals surface area (Å²) >= 11 is 0.0405. The molecule has 3 rings (SSSR count). The third-order valence-electron chi connectivity index (χ3n) is 4.37. The topological polar surface area (TPSA) is 23.8 Å². The van der Waals surface area contributed by atoms with Crippen LogP contribution in [0.4, 0.5) is 17.6 Å². The van der Waals surface area contributed by atoms with Gasteiger partial charge in [0, 0.05) is 0 Å². The van der Waals surface area contributed by atoms with Crippen LogP contribution >= 0.6 is 11.8 Å². The van der Waals surface area contributed by atoms with Crippen molar-refractivity contribution in [1.29, 1.82) is 5.26 Å². The van der Waals surface area contributed by atoms with Crippen LogP contribution in [-0.4, -0.2) is 0 Å². The first kappa shape index (κ1) is 20.0. The lowest BCUT2D eigenvalue weighted by Gasteiger charge is -2.11. The fraction of sp³-hybridized carbons (Fsp3) is 0.136. The zero-order chi connectivity index (χ0) is 20.3. The van der Waals surface area contributed by atoms with Crippen LogP contribution in [0.1, 0.15) is 18.9 Å². The quantitative estimate of drug-likeness (QED) is 0.197. The van der Waals surface area contributed by atoms with Crippen molar-refractivity contribution in [3.05, 3.63) is 77.4 Å². The van der Waals surface area contributed by atoms with E-state index < -0.39 is 33.7 Å². The van der Waals surface area contributed by atoms with E-state index in [0.29, 0.717) is 0 Å². The number of nitrogens with zero attached hydrogens (tertiary/aromatic N) is 1. The first-order chi connectivity index (χ1) is 13.5. The van der Waals surface area contributed by atoms with E-state index in [4.69, 9.17) is 5.26 Å². The van der Waals surface area contributed by atoms with Gasteiger partial charge >= 0.3 is 0 Å². The summed E-state index contributed by atoms with van der Waals surface area (Å²) in [5, 5.41) is 9.98. The van der Waals surface area contributed by atoms with Gasteiger partial charge in [-0.2, -0.15) is 5.26 Å². The summed E-state index contributed by atoms with van der Waals surface area (Å²) in [5.41, 5.74) is 2.17. The first-order valence-electron chi connectivity index (χ1n) is 8.59. The number of hydrogen-bond acceptors (Lipinski definition) is 2. The van der Waals surface area contributed by atoms with Crippen LogP contribution in [0, 0.1) is 33.9 Å². The fourth-order valence-corrected chi connectivity index (χ4v) is 3.43. The maximum atomic E-state index is 14.3. The summed E-state index contributed by atoms with van der Waals surface area (Å²) in [5.74, 6) is -6.19. The average molecular weight is 401 g/mol. The van der Waals surface area contributed by atoms with E-state index in [2.05, 4.69) is 6.92 Å².